The van der Waals surface area contributed by atoms with Crippen molar-refractivity contribution in [3.63, 3.8) is 0 Å². The fourth-order valence-corrected chi connectivity index (χ4v) is 3.78. The number of hydrogen-bond donors (Lipinski definition) is 2. The highest BCUT2D eigenvalue weighted by Gasteiger charge is 2.25. The maximum Gasteiger partial charge on any atom is 0.414 e. The molecule has 1 heterocycles. The molecule has 1 aliphatic rings. The normalized spacial score (nSPS) is 13.2. The van der Waals surface area contributed by atoms with Gasteiger partial charge in [-0.1, -0.05) is 24.3 Å². The first-order valence-corrected chi connectivity index (χ1v) is 10.8. The van der Waals surface area contributed by atoms with Crippen LogP contribution in [0, 0.1) is 0 Å². The van der Waals surface area contributed by atoms with Crippen LogP contribution >= 0.6 is 0 Å². The summed E-state index contributed by atoms with van der Waals surface area (Å²) >= 11 is 0. The minimum Gasteiger partial charge on any atom is -0.443 e. The van der Waals surface area contributed by atoms with E-state index in [1.54, 1.807) is 46.0 Å². The molecule has 170 valence electrons. The fraction of sp³-hybridized carbons (Fsp3) is 0.269. The molecular weight excluding hydrogens is 418 g/mol. The van der Waals surface area contributed by atoms with Gasteiger partial charge in [0, 0.05) is 24.8 Å². The van der Waals surface area contributed by atoms with Gasteiger partial charge < -0.3 is 15.4 Å². The van der Waals surface area contributed by atoms with Gasteiger partial charge in [0.25, 0.3) is 5.91 Å². The second-order valence-corrected chi connectivity index (χ2v) is 9.13. The van der Waals surface area contributed by atoms with E-state index in [4.69, 9.17) is 4.74 Å². The van der Waals surface area contributed by atoms with Crippen molar-refractivity contribution in [2.75, 3.05) is 22.6 Å². The number of amides is 3. The Balaban J connectivity index is 1.68. The molecule has 0 aromatic heterocycles. The molecule has 4 rings (SSSR count). The number of rotatable bonds is 3. The molecule has 2 N–H and O–H groups in total. The summed E-state index contributed by atoms with van der Waals surface area (Å²) in [6.07, 6.45) is 0.490. The largest absolute Gasteiger partial charge is 0.443 e. The zero-order chi connectivity index (χ0) is 23.8. The van der Waals surface area contributed by atoms with Crippen LogP contribution in [-0.4, -0.2) is 30.6 Å². The Morgan fingerprint density at radius 3 is 2.39 bits per heavy atom. The Kier molecular flexibility index (Phi) is 5.80. The van der Waals surface area contributed by atoms with Crippen LogP contribution < -0.4 is 15.5 Å². The summed E-state index contributed by atoms with van der Waals surface area (Å²) in [5, 5.41) is 7.57. The molecule has 33 heavy (non-hydrogen) atoms. The van der Waals surface area contributed by atoms with Crippen LogP contribution in [0.3, 0.4) is 0 Å². The topological polar surface area (TPSA) is 87.7 Å². The maximum absolute atomic E-state index is 13.4. The van der Waals surface area contributed by atoms with Crippen LogP contribution in [0.15, 0.2) is 54.6 Å². The van der Waals surface area contributed by atoms with E-state index in [1.165, 1.54) is 4.90 Å². The van der Waals surface area contributed by atoms with E-state index in [1.807, 2.05) is 36.4 Å². The van der Waals surface area contributed by atoms with E-state index in [0.717, 1.165) is 22.0 Å². The maximum atomic E-state index is 13.4. The summed E-state index contributed by atoms with van der Waals surface area (Å²) in [5.74, 6) is -0.351. The number of benzene rings is 3. The third-order valence-electron chi connectivity index (χ3n) is 5.40. The van der Waals surface area contributed by atoms with Gasteiger partial charge in [-0.2, -0.15) is 0 Å². The number of carbonyl (C=O) groups is 3. The highest BCUT2D eigenvalue weighted by atomic mass is 16.6. The number of nitrogens with zero attached hydrogens (tertiary/aromatic N) is 1. The van der Waals surface area contributed by atoms with Crippen molar-refractivity contribution in [3.05, 3.63) is 65.7 Å². The van der Waals surface area contributed by atoms with Gasteiger partial charge in [-0.3, -0.25) is 14.5 Å². The first kappa shape index (κ1) is 22.3. The third-order valence-corrected chi connectivity index (χ3v) is 5.40. The molecule has 3 aromatic carbocycles. The van der Waals surface area contributed by atoms with Crippen molar-refractivity contribution in [1.82, 2.24) is 0 Å². The molecule has 0 fully saturated rings. The van der Waals surface area contributed by atoms with E-state index < -0.39 is 11.7 Å². The average molecular weight is 446 g/mol. The molecule has 7 heteroatoms. The molecule has 3 amide bonds. The van der Waals surface area contributed by atoms with Crippen LogP contribution in [0.4, 0.5) is 21.9 Å². The van der Waals surface area contributed by atoms with Crippen LogP contribution in [0.2, 0.25) is 0 Å². The van der Waals surface area contributed by atoms with Crippen molar-refractivity contribution in [2.45, 2.75) is 39.2 Å². The second kappa shape index (κ2) is 8.58. The molecule has 0 saturated heterocycles. The average Bonchev–Trinajstić information content (AvgIpc) is 2.76. The summed E-state index contributed by atoms with van der Waals surface area (Å²) in [5.41, 5.74) is 2.49. The van der Waals surface area contributed by atoms with Crippen LogP contribution in [0.5, 0.6) is 0 Å². The van der Waals surface area contributed by atoms with Gasteiger partial charge in [0.1, 0.15) is 5.60 Å². The van der Waals surface area contributed by atoms with Crippen LogP contribution in [0.1, 0.15) is 43.1 Å². The van der Waals surface area contributed by atoms with E-state index in [-0.39, 0.29) is 11.8 Å². The van der Waals surface area contributed by atoms with Gasteiger partial charge in [0.05, 0.1) is 11.3 Å². The summed E-state index contributed by atoms with van der Waals surface area (Å²) < 4.78 is 5.51. The Morgan fingerprint density at radius 2 is 1.70 bits per heavy atom. The van der Waals surface area contributed by atoms with Crippen LogP contribution in [-0.2, 0) is 16.0 Å². The molecule has 0 bridgehead atoms. The molecule has 0 spiro atoms. The molecule has 0 saturated carbocycles. The molecule has 0 atom stereocenters. The van der Waals surface area contributed by atoms with Crippen molar-refractivity contribution >= 4 is 45.7 Å². The van der Waals surface area contributed by atoms with Gasteiger partial charge in [-0.15, -0.1) is 0 Å². The van der Waals surface area contributed by atoms with E-state index >= 15 is 0 Å². The predicted molar refractivity (Wildman–Crippen MR) is 130 cm³/mol. The minimum absolute atomic E-state index is 0.00901. The molecule has 0 radical (unpaired) electrons. The van der Waals surface area contributed by atoms with Crippen molar-refractivity contribution in [1.29, 1.82) is 0 Å². The summed E-state index contributed by atoms with van der Waals surface area (Å²) in [4.78, 5) is 39.1. The number of ether oxygens (including phenoxy) is 1. The quantitative estimate of drug-likeness (QED) is 0.569. The van der Waals surface area contributed by atoms with E-state index in [2.05, 4.69) is 10.6 Å². The smallest absolute Gasteiger partial charge is 0.414 e. The molecule has 1 aliphatic heterocycles. The van der Waals surface area contributed by atoms with Gasteiger partial charge in [0.15, 0.2) is 0 Å². The number of aryl methyl sites for hydroxylation is 1. The number of carbonyl (C=O) groups excluding carboxylic acids is 3. The minimum atomic E-state index is -0.664. The summed E-state index contributed by atoms with van der Waals surface area (Å²) in [6, 6.07) is 16.7. The Labute approximate surface area is 192 Å². The lowest BCUT2D eigenvalue weighted by Crippen LogP contribution is -2.35. The lowest BCUT2D eigenvalue weighted by molar-refractivity contribution is -0.116. The fourth-order valence-electron chi connectivity index (χ4n) is 3.78. The zero-order valence-corrected chi connectivity index (χ0v) is 19.2. The number of fused-ring (bicyclic) bond motifs is 2. The highest BCUT2D eigenvalue weighted by molar-refractivity contribution is 6.13. The van der Waals surface area contributed by atoms with Gasteiger partial charge in [0.2, 0.25) is 5.91 Å². The summed E-state index contributed by atoms with van der Waals surface area (Å²) in [6.45, 7) is 5.39. The monoisotopic (exact) mass is 445 g/mol. The standard InChI is InChI=1S/C26H27N3O4/c1-26(2,3)33-25(32)29(4)22-15-17-8-6-5-7-16(17)14-20(22)24(31)27-19-10-11-21-18(13-19)9-12-23(30)28-21/h5-8,10-11,13-15H,9,12H2,1-4H3,(H,27,31)(H,28,30). The van der Waals surface area contributed by atoms with Crippen molar-refractivity contribution in [2.24, 2.45) is 0 Å². The summed E-state index contributed by atoms with van der Waals surface area (Å²) in [7, 11) is 1.59. The third kappa shape index (κ3) is 4.98. The van der Waals surface area contributed by atoms with E-state index in [0.29, 0.717) is 29.8 Å². The molecule has 0 aliphatic carbocycles. The molecule has 0 unspecified atom stereocenters. The predicted octanol–water partition coefficient (Wildman–Crippen LogP) is 5.35. The van der Waals surface area contributed by atoms with Gasteiger partial charge in [-0.25, -0.2) is 4.79 Å². The lowest BCUT2D eigenvalue weighted by atomic mass is 10.0. The Bertz CT molecular complexity index is 1260. The number of hydrogen-bond acceptors (Lipinski definition) is 4. The van der Waals surface area contributed by atoms with Crippen LogP contribution in [0.25, 0.3) is 10.8 Å². The van der Waals surface area contributed by atoms with E-state index in [9.17, 15) is 14.4 Å². The molecule has 3 aromatic rings. The first-order chi connectivity index (χ1) is 15.6. The van der Waals surface area contributed by atoms with Crippen molar-refractivity contribution < 1.29 is 19.1 Å². The second-order valence-electron chi connectivity index (χ2n) is 9.13. The lowest BCUT2D eigenvalue weighted by Gasteiger charge is -2.26. The SMILES string of the molecule is CN(C(=O)OC(C)(C)C)c1cc2ccccc2cc1C(=O)Nc1ccc2c(c1)CCC(=O)N2. The zero-order valence-electron chi connectivity index (χ0n) is 19.2. The number of anilines is 3. The van der Waals surface area contributed by atoms with Gasteiger partial charge in [-0.05, 0) is 73.9 Å². The first-order valence-electron chi connectivity index (χ1n) is 10.8. The Morgan fingerprint density at radius 1 is 1.00 bits per heavy atom. The molecule has 7 nitrogen and oxygen atoms in total. The number of nitrogens with one attached hydrogen (secondary N) is 2. The van der Waals surface area contributed by atoms with Gasteiger partial charge >= 0.3 is 6.09 Å². The Hall–Kier alpha value is -3.87. The highest BCUT2D eigenvalue weighted by Crippen LogP contribution is 2.30. The molecular formula is C26H27N3O4. The van der Waals surface area contributed by atoms with Crippen molar-refractivity contribution in [3.8, 4) is 0 Å².